The number of hydrogen-bond acceptors (Lipinski definition) is 2. The van der Waals surface area contributed by atoms with Gasteiger partial charge in [-0.25, -0.2) is 4.39 Å². The summed E-state index contributed by atoms with van der Waals surface area (Å²) in [6.07, 6.45) is 0.741. The number of carboxylic acids is 1. The third-order valence-corrected chi connectivity index (χ3v) is 3.00. The average molecular weight is 210 g/mol. The van der Waals surface area contributed by atoms with Crippen molar-refractivity contribution in [3.63, 3.8) is 0 Å². The van der Waals surface area contributed by atoms with Crippen LogP contribution in [0.5, 0.6) is 0 Å². The van der Waals surface area contributed by atoms with Gasteiger partial charge >= 0.3 is 5.97 Å². The molecule has 0 amide bonds. The van der Waals surface area contributed by atoms with Gasteiger partial charge in [0.15, 0.2) is 0 Å². The molecule has 2 aliphatic rings. The lowest BCUT2D eigenvalue weighted by atomic mass is 9.94. The molecule has 1 N–H and O–H groups in total. The number of aliphatic carboxylic acids is 1. The van der Waals surface area contributed by atoms with Crippen LogP contribution in [0.25, 0.3) is 0 Å². The van der Waals surface area contributed by atoms with Crippen LogP contribution in [0.2, 0.25) is 0 Å². The zero-order chi connectivity index (χ0) is 8.77. The van der Waals surface area contributed by atoms with Gasteiger partial charge in [0, 0.05) is 13.0 Å². The molecule has 3 nitrogen and oxygen atoms in total. The molecule has 0 spiro atoms. The summed E-state index contributed by atoms with van der Waals surface area (Å²) >= 11 is 0. The van der Waals surface area contributed by atoms with Crippen molar-refractivity contribution in [1.29, 1.82) is 0 Å². The van der Waals surface area contributed by atoms with E-state index in [-0.39, 0.29) is 18.8 Å². The lowest BCUT2D eigenvalue weighted by Crippen LogP contribution is -2.45. The van der Waals surface area contributed by atoms with Gasteiger partial charge in [-0.1, -0.05) is 0 Å². The highest BCUT2D eigenvalue weighted by molar-refractivity contribution is 5.85. The molecule has 2 rings (SSSR count). The molecule has 76 valence electrons. The SMILES string of the molecule is Cl.O=C(O)[C@@]12CCCN1CC(F)C2. The third-order valence-electron chi connectivity index (χ3n) is 3.00. The maximum Gasteiger partial charge on any atom is 0.324 e. The number of carbonyl (C=O) groups is 1. The Hall–Kier alpha value is -0.350. The summed E-state index contributed by atoms with van der Waals surface area (Å²) in [7, 11) is 0. The predicted octanol–water partition coefficient (Wildman–Crippen LogP) is 1.07. The quantitative estimate of drug-likeness (QED) is 0.703. The number of hydrogen-bond donors (Lipinski definition) is 1. The van der Waals surface area contributed by atoms with E-state index in [1.54, 1.807) is 4.90 Å². The van der Waals surface area contributed by atoms with Crippen molar-refractivity contribution < 1.29 is 14.3 Å². The molecule has 0 aliphatic carbocycles. The molecule has 0 bridgehead atoms. The van der Waals surface area contributed by atoms with E-state index in [4.69, 9.17) is 5.11 Å². The Morgan fingerprint density at radius 1 is 1.62 bits per heavy atom. The zero-order valence-electron chi connectivity index (χ0n) is 7.20. The van der Waals surface area contributed by atoms with E-state index >= 15 is 0 Å². The van der Waals surface area contributed by atoms with Gasteiger partial charge < -0.3 is 5.11 Å². The van der Waals surface area contributed by atoms with E-state index in [1.165, 1.54) is 0 Å². The molecule has 0 aromatic carbocycles. The predicted molar refractivity (Wildman–Crippen MR) is 47.9 cm³/mol. The first kappa shape index (κ1) is 10.7. The van der Waals surface area contributed by atoms with Crippen molar-refractivity contribution in [1.82, 2.24) is 4.90 Å². The van der Waals surface area contributed by atoms with Crippen molar-refractivity contribution >= 4 is 18.4 Å². The number of carboxylic acid groups (broad SMARTS) is 1. The largest absolute Gasteiger partial charge is 0.480 e. The number of alkyl halides is 1. The fourth-order valence-corrected chi connectivity index (χ4v) is 2.43. The fraction of sp³-hybridized carbons (Fsp3) is 0.875. The Morgan fingerprint density at radius 3 is 2.85 bits per heavy atom. The number of fused-ring (bicyclic) bond motifs is 1. The van der Waals surface area contributed by atoms with Crippen LogP contribution in [0, 0.1) is 0 Å². The van der Waals surface area contributed by atoms with Gasteiger partial charge in [0.25, 0.3) is 0 Å². The van der Waals surface area contributed by atoms with Crippen LogP contribution in [0.4, 0.5) is 4.39 Å². The molecule has 13 heavy (non-hydrogen) atoms. The second-order valence-corrected chi connectivity index (χ2v) is 3.69. The van der Waals surface area contributed by atoms with Crippen molar-refractivity contribution in [2.45, 2.75) is 31.0 Å². The highest BCUT2D eigenvalue weighted by Crippen LogP contribution is 2.39. The third kappa shape index (κ3) is 1.42. The van der Waals surface area contributed by atoms with Gasteiger partial charge in [0.2, 0.25) is 0 Å². The Bertz CT molecular complexity index is 226. The maximum absolute atomic E-state index is 12.9. The summed E-state index contributed by atoms with van der Waals surface area (Å²) in [5, 5.41) is 8.98. The van der Waals surface area contributed by atoms with Crippen LogP contribution in [0.3, 0.4) is 0 Å². The van der Waals surface area contributed by atoms with E-state index < -0.39 is 17.7 Å². The molecule has 2 saturated heterocycles. The number of rotatable bonds is 1. The highest BCUT2D eigenvalue weighted by Gasteiger charge is 2.54. The lowest BCUT2D eigenvalue weighted by molar-refractivity contribution is -0.148. The lowest BCUT2D eigenvalue weighted by Gasteiger charge is -2.25. The second kappa shape index (κ2) is 3.42. The van der Waals surface area contributed by atoms with Crippen LogP contribution >= 0.6 is 12.4 Å². The monoisotopic (exact) mass is 209 g/mol. The molecule has 5 heteroatoms. The van der Waals surface area contributed by atoms with Crippen LogP contribution in [0.15, 0.2) is 0 Å². The smallest absolute Gasteiger partial charge is 0.324 e. The molecule has 0 radical (unpaired) electrons. The van der Waals surface area contributed by atoms with Crippen molar-refractivity contribution in [2.24, 2.45) is 0 Å². The van der Waals surface area contributed by atoms with E-state index in [2.05, 4.69) is 0 Å². The number of halogens is 2. The normalized spacial score (nSPS) is 38.4. The van der Waals surface area contributed by atoms with E-state index in [0.29, 0.717) is 13.0 Å². The standard InChI is InChI=1S/C8H12FNO2.ClH/c9-6-4-8(7(11)12)2-1-3-10(8)5-6;/h6H,1-5H2,(H,11,12);1H/t6?,8-;/m0./s1. The summed E-state index contributed by atoms with van der Waals surface area (Å²) in [4.78, 5) is 12.7. The fourth-order valence-electron chi connectivity index (χ4n) is 2.43. The molecule has 1 unspecified atom stereocenters. The Morgan fingerprint density at radius 2 is 2.31 bits per heavy atom. The molecule has 2 heterocycles. The zero-order valence-corrected chi connectivity index (χ0v) is 8.02. The van der Waals surface area contributed by atoms with Crippen molar-refractivity contribution in [2.75, 3.05) is 13.1 Å². The highest BCUT2D eigenvalue weighted by atomic mass is 35.5. The van der Waals surface area contributed by atoms with Crippen molar-refractivity contribution in [3.8, 4) is 0 Å². The van der Waals surface area contributed by atoms with E-state index in [9.17, 15) is 9.18 Å². The summed E-state index contributed by atoms with van der Waals surface area (Å²) in [5.41, 5.74) is -0.848. The Kier molecular flexibility index (Phi) is 2.82. The minimum Gasteiger partial charge on any atom is -0.480 e. The minimum atomic E-state index is -0.943. The van der Waals surface area contributed by atoms with Gasteiger partial charge in [-0.05, 0) is 19.4 Å². The molecule has 2 fully saturated rings. The van der Waals surface area contributed by atoms with Crippen LogP contribution in [-0.2, 0) is 4.79 Å². The van der Waals surface area contributed by atoms with Gasteiger partial charge in [-0.15, -0.1) is 12.4 Å². The van der Waals surface area contributed by atoms with Crippen LogP contribution < -0.4 is 0 Å². The van der Waals surface area contributed by atoms with Gasteiger partial charge in [-0.3, -0.25) is 9.69 Å². The first-order valence-electron chi connectivity index (χ1n) is 4.28. The van der Waals surface area contributed by atoms with Crippen LogP contribution in [-0.4, -0.2) is 40.8 Å². The van der Waals surface area contributed by atoms with E-state index in [1.807, 2.05) is 0 Å². The summed E-state index contributed by atoms with van der Waals surface area (Å²) in [6.45, 7) is 1.05. The molecule has 2 aliphatic heterocycles. The Balaban J connectivity index is 0.000000845. The summed E-state index contributed by atoms with van der Waals surface area (Å²) < 4.78 is 12.9. The topological polar surface area (TPSA) is 40.5 Å². The van der Waals surface area contributed by atoms with E-state index in [0.717, 1.165) is 13.0 Å². The van der Waals surface area contributed by atoms with Gasteiger partial charge in [0.05, 0.1) is 0 Å². The minimum absolute atomic E-state index is 0. The second-order valence-electron chi connectivity index (χ2n) is 3.69. The van der Waals surface area contributed by atoms with Gasteiger partial charge in [-0.2, -0.15) is 0 Å². The van der Waals surface area contributed by atoms with Crippen LogP contribution in [0.1, 0.15) is 19.3 Å². The first-order valence-corrected chi connectivity index (χ1v) is 4.28. The van der Waals surface area contributed by atoms with Crippen molar-refractivity contribution in [3.05, 3.63) is 0 Å². The number of nitrogens with zero attached hydrogens (tertiary/aromatic N) is 1. The molecular weight excluding hydrogens is 197 g/mol. The van der Waals surface area contributed by atoms with Gasteiger partial charge in [0.1, 0.15) is 11.7 Å². The maximum atomic E-state index is 12.9. The Labute approximate surface area is 82.3 Å². The molecular formula is C8H13ClFNO2. The summed E-state index contributed by atoms with van der Waals surface area (Å²) in [6, 6.07) is 0. The molecule has 0 aromatic heterocycles. The first-order chi connectivity index (χ1) is 5.65. The molecule has 0 saturated carbocycles. The molecule has 2 atom stereocenters. The summed E-state index contributed by atoms with van der Waals surface area (Å²) in [5.74, 6) is -0.847. The molecule has 0 aromatic rings. The average Bonchev–Trinajstić information content (AvgIpc) is 2.42.